The normalized spacial score (nSPS) is 21.1. The van der Waals surface area contributed by atoms with E-state index in [1.807, 2.05) is 17.0 Å². The summed E-state index contributed by atoms with van der Waals surface area (Å²) < 4.78 is 0. The largest absolute Gasteiger partial charge is 0.311 e. The van der Waals surface area contributed by atoms with Crippen LogP contribution in [-0.2, 0) is 10.2 Å². The Kier molecular flexibility index (Phi) is 3.30. The molecule has 1 unspecified atom stereocenters. The van der Waals surface area contributed by atoms with Gasteiger partial charge in [-0.3, -0.25) is 4.79 Å². The van der Waals surface area contributed by atoms with Gasteiger partial charge < -0.3 is 4.90 Å². The summed E-state index contributed by atoms with van der Waals surface area (Å²) >= 11 is 3.51. The fraction of sp³-hybridized carbons (Fsp3) is 0.500. The van der Waals surface area contributed by atoms with Crippen LogP contribution in [0.1, 0.15) is 32.8 Å². The van der Waals surface area contributed by atoms with E-state index in [0.29, 0.717) is 6.42 Å². The molecule has 1 fully saturated rings. The van der Waals surface area contributed by atoms with E-state index in [1.54, 1.807) is 0 Å². The van der Waals surface area contributed by atoms with Gasteiger partial charge in [-0.05, 0) is 23.1 Å². The van der Waals surface area contributed by atoms with Crippen molar-refractivity contribution in [3.63, 3.8) is 0 Å². The van der Waals surface area contributed by atoms with E-state index in [-0.39, 0.29) is 16.1 Å². The van der Waals surface area contributed by atoms with Crippen LogP contribution >= 0.6 is 15.9 Å². The highest BCUT2D eigenvalue weighted by Crippen LogP contribution is 2.29. The highest BCUT2D eigenvalue weighted by molar-refractivity contribution is 9.09. The minimum Gasteiger partial charge on any atom is -0.311 e. The first-order valence-corrected chi connectivity index (χ1v) is 6.84. The Bertz CT molecular complexity index is 436. The first-order valence-electron chi connectivity index (χ1n) is 5.93. The molecule has 0 saturated carbocycles. The third kappa shape index (κ3) is 2.71. The van der Waals surface area contributed by atoms with Gasteiger partial charge in [0.15, 0.2) is 0 Å². The van der Waals surface area contributed by atoms with Crippen molar-refractivity contribution in [3.8, 4) is 0 Å². The Morgan fingerprint density at radius 3 is 2.59 bits per heavy atom. The van der Waals surface area contributed by atoms with Crippen LogP contribution in [0.4, 0.5) is 5.69 Å². The van der Waals surface area contributed by atoms with Crippen molar-refractivity contribution < 1.29 is 4.79 Å². The fourth-order valence-electron chi connectivity index (χ4n) is 2.05. The summed E-state index contributed by atoms with van der Waals surface area (Å²) in [5.41, 5.74) is 2.40. The molecule has 1 aromatic carbocycles. The lowest BCUT2D eigenvalue weighted by molar-refractivity contribution is -0.117. The van der Waals surface area contributed by atoms with Crippen LogP contribution in [0, 0.1) is 0 Å². The van der Waals surface area contributed by atoms with Gasteiger partial charge in [0, 0.05) is 23.5 Å². The van der Waals surface area contributed by atoms with Crippen LogP contribution in [0.25, 0.3) is 0 Å². The molecular formula is C14H18BrNO. The van der Waals surface area contributed by atoms with Crippen molar-refractivity contribution in [2.24, 2.45) is 0 Å². The minimum absolute atomic E-state index is 0.118. The molecule has 1 aliphatic heterocycles. The van der Waals surface area contributed by atoms with Gasteiger partial charge >= 0.3 is 0 Å². The van der Waals surface area contributed by atoms with Crippen molar-refractivity contribution >= 4 is 27.5 Å². The molecule has 0 N–H and O–H groups in total. The average Bonchev–Trinajstić information content (AvgIpc) is 2.57. The number of nitrogens with zero attached hydrogens (tertiary/aromatic N) is 1. The molecule has 0 radical (unpaired) electrons. The summed E-state index contributed by atoms with van der Waals surface area (Å²) in [6.07, 6.45) is 0.597. The Morgan fingerprint density at radius 2 is 2.06 bits per heavy atom. The van der Waals surface area contributed by atoms with Gasteiger partial charge in [-0.15, -0.1) is 0 Å². The zero-order valence-electron chi connectivity index (χ0n) is 10.5. The van der Waals surface area contributed by atoms with Crippen molar-refractivity contribution in [2.45, 2.75) is 37.4 Å². The molecule has 2 nitrogen and oxygen atoms in total. The fourth-order valence-corrected chi connectivity index (χ4v) is 2.62. The zero-order valence-corrected chi connectivity index (χ0v) is 12.1. The number of carbonyl (C=O) groups excluding carboxylic acids is 1. The van der Waals surface area contributed by atoms with E-state index >= 15 is 0 Å². The van der Waals surface area contributed by atoms with Crippen molar-refractivity contribution in [1.82, 2.24) is 0 Å². The summed E-state index contributed by atoms with van der Waals surface area (Å²) in [6.45, 7) is 7.33. The van der Waals surface area contributed by atoms with Crippen molar-refractivity contribution in [3.05, 3.63) is 29.8 Å². The van der Waals surface area contributed by atoms with Crippen LogP contribution < -0.4 is 4.90 Å². The molecule has 1 aromatic rings. The highest BCUT2D eigenvalue weighted by Gasteiger charge is 2.29. The number of benzene rings is 1. The topological polar surface area (TPSA) is 20.3 Å². The highest BCUT2D eigenvalue weighted by atomic mass is 79.9. The number of alkyl halides is 1. The van der Waals surface area contributed by atoms with Crippen LogP contribution in [0.5, 0.6) is 0 Å². The quantitative estimate of drug-likeness (QED) is 0.727. The lowest BCUT2D eigenvalue weighted by Crippen LogP contribution is -2.25. The van der Waals surface area contributed by atoms with Crippen LogP contribution in [0.2, 0.25) is 0 Å². The van der Waals surface area contributed by atoms with Gasteiger partial charge in [-0.1, -0.05) is 48.8 Å². The van der Waals surface area contributed by atoms with E-state index in [4.69, 9.17) is 0 Å². The van der Waals surface area contributed by atoms with Gasteiger partial charge in [-0.25, -0.2) is 0 Å². The van der Waals surface area contributed by atoms with E-state index in [0.717, 1.165) is 12.2 Å². The molecule has 1 aliphatic rings. The lowest BCUT2D eigenvalue weighted by atomic mass is 9.87. The summed E-state index contributed by atoms with van der Waals surface area (Å²) in [4.78, 5) is 14.0. The van der Waals surface area contributed by atoms with Gasteiger partial charge in [0.2, 0.25) is 5.91 Å². The number of amides is 1. The molecule has 1 saturated heterocycles. The number of carbonyl (C=O) groups is 1. The molecule has 17 heavy (non-hydrogen) atoms. The number of anilines is 1. The summed E-state index contributed by atoms with van der Waals surface area (Å²) in [7, 11) is 0. The molecule has 1 amide bonds. The SMILES string of the molecule is CC(C)(C)c1cccc(N2CC(Br)CC2=O)c1. The van der Waals surface area contributed by atoms with Crippen LogP contribution in [-0.4, -0.2) is 17.3 Å². The van der Waals surface area contributed by atoms with Gasteiger partial charge in [-0.2, -0.15) is 0 Å². The molecular weight excluding hydrogens is 278 g/mol. The number of hydrogen-bond donors (Lipinski definition) is 0. The second kappa shape index (κ2) is 4.45. The molecule has 0 bridgehead atoms. The molecule has 1 atom stereocenters. The predicted octanol–water partition coefficient (Wildman–Crippen LogP) is 3.48. The number of rotatable bonds is 1. The molecule has 3 heteroatoms. The van der Waals surface area contributed by atoms with Crippen molar-refractivity contribution in [1.29, 1.82) is 0 Å². The summed E-state index contributed by atoms with van der Waals surface area (Å²) in [5.74, 6) is 0.206. The maximum absolute atomic E-state index is 11.8. The second-order valence-corrected chi connectivity index (χ2v) is 6.90. The summed E-state index contributed by atoms with van der Waals surface area (Å²) in [5, 5.41) is 0. The number of halogens is 1. The predicted molar refractivity (Wildman–Crippen MR) is 74.8 cm³/mol. The third-order valence-electron chi connectivity index (χ3n) is 3.10. The standard InChI is InChI=1S/C14H18BrNO/c1-14(2,3)10-5-4-6-12(7-10)16-9-11(15)8-13(16)17/h4-7,11H,8-9H2,1-3H3. The molecule has 1 heterocycles. The maximum Gasteiger partial charge on any atom is 0.228 e. The molecule has 0 aliphatic carbocycles. The van der Waals surface area contributed by atoms with E-state index in [1.165, 1.54) is 5.56 Å². The lowest BCUT2D eigenvalue weighted by Gasteiger charge is -2.22. The van der Waals surface area contributed by atoms with Gasteiger partial charge in [0.05, 0.1) is 0 Å². The molecule has 92 valence electrons. The Hall–Kier alpha value is -0.830. The smallest absolute Gasteiger partial charge is 0.228 e. The summed E-state index contributed by atoms with van der Waals surface area (Å²) in [6, 6.07) is 8.29. The minimum atomic E-state index is 0.118. The Balaban J connectivity index is 2.31. The van der Waals surface area contributed by atoms with E-state index in [2.05, 4.69) is 48.8 Å². The maximum atomic E-state index is 11.8. The third-order valence-corrected chi connectivity index (χ3v) is 3.71. The molecule has 0 aromatic heterocycles. The van der Waals surface area contributed by atoms with Crippen LogP contribution in [0.3, 0.4) is 0 Å². The second-order valence-electron chi connectivity index (χ2n) is 5.61. The zero-order chi connectivity index (χ0) is 12.6. The van der Waals surface area contributed by atoms with Gasteiger partial charge in [0.25, 0.3) is 0 Å². The first kappa shape index (κ1) is 12.6. The van der Waals surface area contributed by atoms with E-state index < -0.39 is 0 Å². The monoisotopic (exact) mass is 295 g/mol. The number of hydrogen-bond acceptors (Lipinski definition) is 1. The molecule has 2 rings (SSSR count). The Morgan fingerprint density at radius 1 is 1.35 bits per heavy atom. The van der Waals surface area contributed by atoms with E-state index in [9.17, 15) is 4.79 Å². The van der Waals surface area contributed by atoms with Gasteiger partial charge in [0.1, 0.15) is 0 Å². The van der Waals surface area contributed by atoms with Crippen LogP contribution in [0.15, 0.2) is 24.3 Å². The van der Waals surface area contributed by atoms with Crippen molar-refractivity contribution in [2.75, 3.05) is 11.4 Å². The first-order chi connectivity index (χ1) is 7.88. The molecule has 0 spiro atoms. The Labute approximate surface area is 111 Å². The average molecular weight is 296 g/mol.